The minimum atomic E-state index is -0.281. The molecule has 0 saturated heterocycles. The molecule has 0 aliphatic heterocycles. The molecule has 4 nitrogen and oxygen atoms in total. The molecule has 1 rings (SSSR count). The highest BCUT2D eigenvalue weighted by molar-refractivity contribution is 6.35. The van der Waals surface area contributed by atoms with Crippen LogP contribution >= 0.6 is 0 Å². The zero-order chi connectivity index (χ0) is 13.1. The molecular weight excluding hydrogens is 218 g/mol. The second kappa shape index (κ2) is 4.99. The van der Waals surface area contributed by atoms with E-state index < -0.39 is 0 Å². The van der Waals surface area contributed by atoms with Crippen molar-refractivity contribution in [1.29, 1.82) is 0 Å². The van der Waals surface area contributed by atoms with E-state index in [0.29, 0.717) is 5.56 Å². The van der Waals surface area contributed by atoms with E-state index in [2.05, 4.69) is 4.99 Å². The van der Waals surface area contributed by atoms with Gasteiger partial charge in [0, 0.05) is 5.56 Å². The van der Waals surface area contributed by atoms with Crippen LogP contribution in [0.1, 0.15) is 31.1 Å². The second-order valence-corrected chi connectivity index (χ2v) is 4.68. The van der Waals surface area contributed by atoms with Gasteiger partial charge in [-0.15, -0.1) is 0 Å². The lowest BCUT2D eigenvalue weighted by Gasteiger charge is -2.10. The fraction of sp³-hybridized carbons (Fsp3) is 0.385. The highest BCUT2D eigenvalue weighted by Gasteiger charge is 2.10. The number of hydrogen-bond donors (Lipinski definition) is 1. The number of aromatic hydroxyl groups is 1. The smallest absolute Gasteiger partial charge is 0.203 e. The van der Waals surface area contributed by atoms with Gasteiger partial charge in [0.05, 0.1) is 18.9 Å². The number of benzene rings is 1. The van der Waals surface area contributed by atoms with E-state index in [9.17, 15) is 9.90 Å². The van der Waals surface area contributed by atoms with Gasteiger partial charge in [-0.2, -0.15) is 0 Å². The maximum Gasteiger partial charge on any atom is 0.203 e. The standard InChI is InChI=1S/C13H17NO3/c1-13(2,3)14-8-11(16)9-5-6-10(15)12(7-9)17-4/h5-8,15H,1-4H3. The van der Waals surface area contributed by atoms with Crippen LogP contribution in [-0.2, 0) is 0 Å². The van der Waals surface area contributed by atoms with E-state index in [1.165, 1.54) is 31.5 Å². The number of ketones is 1. The SMILES string of the molecule is COc1cc(C(=O)C=NC(C)(C)C)ccc1O. The number of methoxy groups -OCH3 is 1. The highest BCUT2D eigenvalue weighted by atomic mass is 16.5. The molecule has 0 spiro atoms. The summed E-state index contributed by atoms with van der Waals surface area (Å²) in [7, 11) is 1.44. The van der Waals surface area contributed by atoms with E-state index in [-0.39, 0.29) is 22.8 Å². The third-order valence-corrected chi connectivity index (χ3v) is 2.03. The highest BCUT2D eigenvalue weighted by Crippen LogP contribution is 2.26. The van der Waals surface area contributed by atoms with Crippen molar-refractivity contribution < 1.29 is 14.6 Å². The maximum atomic E-state index is 11.8. The normalized spacial score (nSPS) is 11.8. The summed E-state index contributed by atoms with van der Waals surface area (Å²) >= 11 is 0. The molecule has 0 aliphatic rings. The molecule has 1 N–H and O–H groups in total. The van der Waals surface area contributed by atoms with Crippen LogP contribution in [0.5, 0.6) is 11.5 Å². The summed E-state index contributed by atoms with van der Waals surface area (Å²) in [5.41, 5.74) is 0.157. The molecular formula is C13H17NO3. The van der Waals surface area contributed by atoms with Gasteiger partial charge >= 0.3 is 0 Å². The van der Waals surface area contributed by atoms with Crippen molar-refractivity contribution in [3.05, 3.63) is 23.8 Å². The summed E-state index contributed by atoms with van der Waals surface area (Å²) in [6, 6.07) is 4.46. The number of phenolic OH excluding ortho intramolecular Hbond substituents is 1. The van der Waals surface area contributed by atoms with Crippen LogP contribution in [0.3, 0.4) is 0 Å². The third kappa shape index (κ3) is 3.90. The van der Waals surface area contributed by atoms with Crippen LogP contribution in [0.2, 0.25) is 0 Å². The fourth-order valence-corrected chi connectivity index (χ4v) is 1.16. The van der Waals surface area contributed by atoms with Crippen LogP contribution < -0.4 is 4.74 Å². The number of nitrogens with zero attached hydrogens (tertiary/aromatic N) is 1. The van der Waals surface area contributed by atoms with E-state index in [1.807, 2.05) is 20.8 Å². The molecule has 0 aromatic heterocycles. The quantitative estimate of drug-likeness (QED) is 0.646. The second-order valence-electron chi connectivity index (χ2n) is 4.68. The Kier molecular flexibility index (Phi) is 3.89. The van der Waals surface area contributed by atoms with Gasteiger partial charge < -0.3 is 9.84 Å². The molecule has 0 unspecified atom stereocenters. The monoisotopic (exact) mass is 235 g/mol. The first-order valence-corrected chi connectivity index (χ1v) is 5.30. The van der Waals surface area contributed by atoms with Crippen LogP contribution in [0.15, 0.2) is 23.2 Å². The molecule has 0 heterocycles. The molecule has 1 aromatic carbocycles. The maximum absolute atomic E-state index is 11.8. The molecule has 1 aromatic rings. The van der Waals surface area contributed by atoms with Gasteiger partial charge in [0.1, 0.15) is 0 Å². The minimum absolute atomic E-state index is 0.0109. The van der Waals surface area contributed by atoms with Crippen LogP contribution in [-0.4, -0.2) is 29.8 Å². The Morgan fingerprint density at radius 1 is 1.41 bits per heavy atom. The van der Waals surface area contributed by atoms with Gasteiger partial charge in [-0.3, -0.25) is 9.79 Å². The lowest BCUT2D eigenvalue weighted by atomic mass is 10.1. The van der Waals surface area contributed by atoms with Crippen molar-refractivity contribution in [2.24, 2.45) is 4.99 Å². The van der Waals surface area contributed by atoms with Crippen LogP contribution in [0.4, 0.5) is 0 Å². The van der Waals surface area contributed by atoms with Crippen molar-refractivity contribution in [2.45, 2.75) is 26.3 Å². The summed E-state index contributed by atoms with van der Waals surface area (Å²) in [5, 5.41) is 9.41. The number of rotatable bonds is 3. The van der Waals surface area contributed by atoms with Crippen molar-refractivity contribution in [1.82, 2.24) is 0 Å². The zero-order valence-electron chi connectivity index (χ0n) is 10.5. The molecule has 0 amide bonds. The van der Waals surface area contributed by atoms with Crippen molar-refractivity contribution in [2.75, 3.05) is 7.11 Å². The van der Waals surface area contributed by atoms with Crippen LogP contribution in [0.25, 0.3) is 0 Å². The molecule has 17 heavy (non-hydrogen) atoms. The van der Waals surface area contributed by atoms with Gasteiger partial charge in [0.2, 0.25) is 5.78 Å². The first-order valence-electron chi connectivity index (χ1n) is 5.30. The number of carbonyl (C=O) groups is 1. The number of Topliss-reactive ketones (excluding diaryl/α,β-unsaturated/α-hetero) is 1. The van der Waals surface area contributed by atoms with Crippen molar-refractivity contribution in [3.63, 3.8) is 0 Å². The average molecular weight is 235 g/mol. The van der Waals surface area contributed by atoms with Crippen LogP contribution in [0, 0.1) is 0 Å². The molecule has 0 fully saturated rings. The van der Waals surface area contributed by atoms with Gasteiger partial charge in [-0.25, -0.2) is 0 Å². The predicted molar refractivity (Wildman–Crippen MR) is 67.2 cm³/mol. The van der Waals surface area contributed by atoms with Crippen molar-refractivity contribution in [3.8, 4) is 11.5 Å². The molecule has 0 bridgehead atoms. The molecule has 4 heteroatoms. The Labute approximate surface area is 101 Å². The predicted octanol–water partition coefficient (Wildman–Crippen LogP) is 2.45. The van der Waals surface area contributed by atoms with E-state index >= 15 is 0 Å². The third-order valence-electron chi connectivity index (χ3n) is 2.03. The number of aliphatic imine (C=N–C) groups is 1. The Morgan fingerprint density at radius 3 is 2.59 bits per heavy atom. The lowest BCUT2D eigenvalue weighted by molar-refractivity contribution is 0.106. The Bertz CT molecular complexity index is 444. The Balaban J connectivity index is 2.94. The van der Waals surface area contributed by atoms with Gasteiger partial charge in [0.15, 0.2) is 11.5 Å². The molecule has 0 aliphatic carbocycles. The average Bonchev–Trinajstić information content (AvgIpc) is 2.25. The summed E-state index contributed by atoms with van der Waals surface area (Å²) < 4.78 is 4.93. The number of hydrogen-bond acceptors (Lipinski definition) is 4. The number of carbonyl (C=O) groups excluding carboxylic acids is 1. The Hall–Kier alpha value is -1.84. The fourth-order valence-electron chi connectivity index (χ4n) is 1.16. The lowest BCUT2D eigenvalue weighted by Crippen LogP contribution is -2.12. The number of phenols is 1. The minimum Gasteiger partial charge on any atom is -0.504 e. The molecule has 0 radical (unpaired) electrons. The number of ether oxygens (including phenoxy) is 1. The van der Waals surface area contributed by atoms with Gasteiger partial charge in [0.25, 0.3) is 0 Å². The van der Waals surface area contributed by atoms with E-state index in [1.54, 1.807) is 0 Å². The summed E-state index contributed by atoms with van der Waals surface area (Å²) in [5.74, 6) is 0.0787. The largest absolute Gasteiger partial charge is 0.504 e. The zero-order valence-corrected chi connectivity index (χ0v) is 10.5. The summed E-state index contributed by atoms with van der Waals surface area (Å²) in [4.78, 5) is 15.9. The van der Waals surface area contributed by atoms with E-state index in [0.717, 1.165) is 0 Å². The van der Waals surface area contributed by atoms with Crippen molar-refractivity contribution >= 4 is 12.0 Å². The molecule has 0 saturated carbocycles. The van der Waals surface area contributed by atoms with Gasteiger partial charge in [-0.05, 0) is 39.0 Å². The first kappa shape index (κ1) is 13.2. The first-order chi connectivity index (χ1) is 7.83. The molecule has 0 atom stereocenters. The topological polar surface area (TPSA) is 58.9 Å². The Morgan fingerprint density at radius 2 is 2.06 bits per heavy atom. The summed E-state index contributed by atoms with van der Waals surface area (Å²) in [6.45, 7) is 5.73. The van der Waals surface area contributed by atoms with E-state index in [4.69, 9.17) is 4.74 Å². The summed E-state index contributed by atoms with van der Waals surface area (Å²) in [6.07, 6.45) is 1.30. The molecule has 92 valence electrons. The van der Waals surface area contributed by atoms with Gasteiger partial charge in [-0.1, -0.05) is 0 Å².